The molecule has 1 aromatic carbocycles. The number of rotatable bonds is 8. The van der Waals surface area contributed by atoms with Crippen molar-refractivity contribution in [3.8, 4) is 0 Å². The van der Waals surface area contributed by atoms with E-state index in [-0.39, 0.29) is 47.2 Å². The first kappa shape index (κ1) is 36.0. The number of piperidine rings is 2. The normalized spacial score (nSPS) is 19.6. The molecule has 8 rings (SSSR count). The van der Waals surface area contributed by atoms with Crippen LogP contribution in [0.5, 0.6) is 0 Å². The van der Waals surface area contributed by atoms with Crippen molar-refractivity contribution in [2.45, 2.75) is 57.7 Å². The van der Waals surface area contributed by atoms with Crippen LogP contribution in [0.15, 0.2) is 53.6 Å². The van der Waals surface area contributed by atoms with Crippen LogP contribution in [-0.2, 0) is 22.6 Å². The van der Waals surface area contributed by atoms with Crippen LogP contribution in [0, 0.1) is 5.82 Å². The summed E-state index contributed by atoms with van der Waals surface area (Å²) in [5, 5.41) is 5.19. The molecule has 0 saturated carbocycles. The number of halogens is 1. The Kier molecular flexibility index (Phi) is 9.59. The van der Waals surface area contributed by atoms with Gasteiger partial charge in [0.1, 0.15) is 17.6 Å². The second-order valence-electron chi connectivity index (χ2n) is 14.4. The molecule has 4 aliphatic heterocycles. The number of aromatic nitrogens is 3. The average Bonchev–Trinajstić information content (AvgIpc) is 3.42. The number of nitrogens with zero attached hydrogens (tertiary/aromatic N) is 6. The number of carbonyl (C=O) groups excluding carboxylic acids is 5. The zero-order valence-corrected chi connectivity index (χ0v) is 30.3. The summed E-state index contributed by atoms with van der Waals surface area (Å²) in [6, 6.07) is 8.55. The number of H-pyrrole nitrogens is 1. The van der Waals surface area contributed by atoms with Gasteiger partial charge in [0.05, 0.1) is 39.7 Å². The molecule has 3 N–H and O–H groups in total. The predicted octanol–water partition coefficient (Wildman–Crippen LogP) is 2.14. The third-order valence-electron chi connectivity index (χ3n) is 11.0. The first-order chi connectivity index (χ1) is 26.6. The van der Waals surface area contributed by atoms with Crippen molar-refractivity contribution in [2.24, 2.45) is 0 Å². The molecule has 0 bridgehead atoms. The van der Waals surface area contributed by atoms with Gasteiger partial charge in [-0.05, 0) is 67.6 Å². The van der Waals surface area contributed by atoms with Crippen molar-refractivity contribution >= 4 is 51.9 Å². The van der Waals surface area contributed by atoms with Gasteiger partial charge >= 0.3 is 0 Å². The summed E-state index contributed by atoms with van der Waals surface area (Å²) < 4.78 is 15.4. The highest BCUT2D eigenvalue weighted by molar-refractivity contribution is 6.23. The number of hydrogen-bond acceptors (Lipinski definition) is 11. The number of carbonyl (C=O) groups is 5. The van der Waals surface area contributed by atoms with Crippen molar-refractivity contribution in [1.29, 1.82) is 0 Å². The van der Waals surface area contributed by atoms with Crippen LogP contribution in [0.25, 0.3) is 11.0 Å². The lowest BCUT2D eigenvalue weighted by Gasteiger charge is -2.36. The minimum atomic E-state index is -1.13. The van der Waals surface area contributed by atoms with E-state index in [0.717, 1.165) is 71.5 Å². The molecule has 5 amide bonds. The molecule has 0 spiro atoms. The van der Waals surface area contributed by atoms with E-state index in [1.807, 2.05) is 31.3 Å². The SMILES string of the molecule is CCc1cc2ncc(CN3CCN(c4ccc(C(=O)NC5CCN(c6cc7c(cc6F)C(=O)N([C@H]6CCC(=O)NC6=O)C7=O)CC5)nc4)CC3)cc2[nH]c1=O. The van der Waals surface area contributed by atoms with Gasteiger partial charge in [-0.2, -0.15) is 0 Å². The molecule has 4 aliphatic rings. The molecule has 4 aromatic rings. The van der Waals surface area contributed by atoms with Crippen molar-refractivity contribution in [2.75, 3.05) is 49.1 Å². The Hall–Kier alpha value is -6.03. The van der Waals surface area contributed by atoms with Crippen molar-refractivity contribution in [3.05, 3.63) is 92.9 Å². The molecule has 3 fully saturated rings. The number of imide groups is 2. The lowest BCUT2D eigenvalue weighted by molar-refractivity contribution is -0.136. The molecule has 284 valence electrons. The number of aryl methyl sites for hydroxylation is 1. The first-order valence-corrected chi connectivity index (χ1v) is 18.6. The van der Waals surface area contributed by atoms with Crippen LogP contribution in [0.3, 0.4) is 0 Å². The molecule has 0 aliphatic carbocycles. The topological polar surface area (TPSA) is 181 Å². The lowest BCUT2D eigenvalue weighted by atomic mass is 10.0. The summed E-state index contributed by atoms with van der Waals surface area (Å²) in [4.78, 5) is 94.8. The minimum absolute atomic E-state index is 0.00629. The van der Waals surface area contributed by atoms with Gasteiger partial charge in [0.15, 0.2) is 0 Å². The van der Waals surface area contributed by atoms with E-state index in [2.05, 4.69) is 35.4 Å². The molecule has 15 nitrogen and oxygen atoms in total. The minimum Gasteiger partial charge on any atom is -0.369 e. The Bertz CT molecular complexity index is 2280. The smallest absolute Gasteiger partial charge is 0.270 e. The van der Waals surface area contributed by atoms with E-state index >= 15 is 4.39 Å². The van der Waals surface area contributed by atoms with Gasteiger partial charge < -0.3 is 20.1 Å². The number of hydrogen-bond donors (Lipinski definition) is 3. The number of piperazine rings is 1. The fourth-order valence-corrected chi connectivity index (χ4v) is 7.89. The highest BCUT2D eigenvalue weighted by Crippen LogP contribution is 2.34. The van der Waals surface area contributed by atoms with Crippen LogP contribution >= 0.6 is 0 Å². The summed E-state index contributed by atoms with van der Waals surface area (Å²) >= 11 is 0. The van der Waals surface area contributed by atoms with E-state index in [1.54, 1.807) is 17.2 Å². The van der Waals surface area contributed by atoms with Gasteiger partial charge in [0, 0.05) is 70.0 Å². The molecule has 55 heavy (non-hydrogen) atoms. The monoisotopic (exact) mass is 749 g/mol. The third kappa shape index (κ3) is 7.04. The zero-order chi connectivity index (χ0) is 38.4. The Morgan fingerprint density at radius 1 is 0.873 bits per heavy atom. The largest absolute Gasteiger partial charge is 0.369 e. The maximum atomic E-state index is 15.4. The molecular formula is C39H40FN9O6. The van der Waals surface area contributed by atoms with Crippen LogP contribution < -0.4 is 26.0 Å². The second kappa shape index (κ2) is 14.7. The fourth-order valence-electron chi connectivity index (χ4n) is 7.89. The summed E-state index contributed by atoms with van der Waals surface area (Å²) in [7, 11) is 0. The van der Waals surface area contributed by atoms with Gasteiger partial charge in [-0.25, -0.2) is 9.37 Å². The van der Waals surface area contributed by atoms with Gasteiger partial charge in [-0.1, -0.05) is 6.92 Å². The number of benzene rings is 1. The fraction of sp³-hybridized carbons (Fsp3) is 0.385. The van der Waals surface area contributed by atoms with E-state index in [4.69, 9.17) is 0 Å². The Labute approximate surface area is 314 Å². The van der Waals surface area contributed by atoms with Crippen molar-refractivity contribution < 1.29 is 28.4 Å². The second-order valence-corrected chi connectivity index (χ2v) is 14.4. The van der Waals surface area contributed by atoms with E-state index in [1.165, 1.54) is 6.07 Å². The quantitative estimate of drug-likeness (QED) is 0.225. The average molecular weight is 750 g/mol. The number of pyridine rings is 3. The molecule has 7 heterocycles. The molecule has 1 atom stereocenters. The third-order valence-corrected chi connectivity index (χ3v) is 11.0. The Morgan fingerprint density at radius 2 is 1.62 bits per heavy atom. The van der Waals surface area contributed by atoms with Crippen LogP contribution in [0.4, 0.5) is 15.8 Å². The van der Waals surface area contributed by atoms with Crippen LogP contribution in [0.2, 0.25) is 0 Å². The summed E-state index contributed by atoms with van der Waals surface area (Å²) in [6.07, 6.45) is 5.29. The number of amides is 5. The lowest BCUT2D eigenvalue weighted by Crippen LogP contribution is -2.54. The first-order valence-electron chi connectivity index (χ1n) is 18.6. The molecule has 16 heteroatoms. The maximum absolute atomic E-state index is 15.4. The summed E-state index contributed by atoms with van der Waals surface area (Å²) in [5.74, 6) is -3.62. The highest BCUT2D eigenvalue weighted by atomic mass is 19.1. The molecular weight excluding hydrogens is 709 g/mol. The standard InChI is InChI=1S/C39H40FN9O6/c1-2-23-16-30-31(44-35(23)51)15-22(19-41-30)21-46-11-13-47(14-12-46)25-3-4-29(42-20-25)36(52)43-24-7-9-48(10-8-24)33-18-27-26(17-28(33)40)38(54)49(39(27)55)32-5-6-34(50)45-37(32)53/h3-4,15-20,24,32H,2,5-14,21H2,1H3,(H,43,52)(H,44,51)(H,45,50,53)/t32-/m0/s1. The Balaban J connectivity index is 0.821. The van der Waals surface area contributed by atoms with Gasteiger partial charge in [-0.15, -0.1) is 0 Å². The highest BCUT2D eigenvalue weighted by Gasteiger charge is 2.45. The van der Waals surface area contributed by atoms with Crippen molar-refractivity contribution in [3.63, 3.8) is 0 Å². The number of nitrogens with one attached hydrogen (secondary N) is 3. The molecule has 0 unspecified atom stereocenters. The van der Waals surface area contributed by atoms with Crippen LogP contribution in [-0.4, -0.2) is 106 Å². The summed E-state index contributed by atoms with van der Waals surface area (Å²) in [5.41, 5.74) is 4.51. The van der Waals surface area contributed by atoms with E-state index < -0.39 is 35.5 Å². The van der Waals surface area contributed by atoms with Gasteiger partial charge in [-0.3, -0.25) is 48.9 Å². The number of aromatic amines is 1. The van der Waals surface area contributed by atoms with Gasteiger partial charge in [0.2, 0.25) is 11.8 Å². The molecule has 0 radical (unpaired) electrons. The van der Waals surface area contributed by atoms with Crippen LogP contribution in [0.1, 0.15) is 74.9 Å². The zero-order valence-electron chi connectivity index (χ0n) is 30.3. The summed E-state index contributed by atoms with van der Waals surface area (Å²) in [6.45, 7) is 6.70. The Morgan fingerprint density at radius 3 is 2.31 bits per heavy atom. The number of anilines is 2. The van der Waals surface area contributed by atoms with E-state index in [9.17, 15) is 28.8 Å². The van der Waals surface area contributed by atoms with Gasteiger partial charge in [0.25, 0.3) is 23.3 Å². The number of fused-ring (bicyclic) bond motifs is 2. The van der Waals surface area contributed by atoms with Crippen molar-refractivity contribution in [1.82, 2.24) is 35.4 Å². The van der Waals surface area contributed by atoms with E-state index in [0.29, 0.717) is 38.0 Å². The maximum Gasteiger partial charge on any atom is 0.270 e. The molecule has 3 saturated heterocycles. The predicted molar refractivity (Wildman–Crippen MR) is 199 cm³/mol. The molecule has 3 aromatic heterocycles.